The van der Waals surface area contributed by atoms with Crippen molar-refractivity contribution in [2.45, 2.75) is 65.6 Å². The molecule has 0 aliphatic carbocycles. The highest BCUT2D eigenvalue weighted by atomic mass is 32.1. The molecule has 1 aliphatic rings. The van der Waals surface area contributed by atoms with Gasteiger partial charge in [0.05, 0.1) is 26.8 Å². The molecule has 2 aromatic heterocycles. The van der Waals surface area contributed by atoms with Crippen LogP contribution in [0, 0.1) is 5.41 Å². The van der Waals surface area contributed by atoms with Crippen LogP contribution in [0.5, 0.6) is 0 Å². The number of fused-ring (bicyclic) bond motifs is 1. The number of nitrogens with zero attached hydrogens (tertiary/aromatic N) is 3. The first-order chi connectivity index (χ1) is 18.4. The Labute approximate surface area is 230 Å². The van der Waals surface area contributed by atoms with Crippen molar-refractivity contribution in [2.24, 2.45) is 5.41 Å². The molecule has 3 amide bonds. The summed E-state index contributed by atoms with van der Waals surface area (Å²) in [4.78, 5) is 44.6. The van der Waals surface area contributed by atoms with E-state index in [-0.39, 0.29) is 45.0 Å². The number of halogens is 2. The van der Waals surface area contributed by atoms with Gasteiger partial charge in [0.2, 0.25) is 11.9 Å². The first-order valence-electron chi connectivity index (χ1n) is 12.8. The molecule has 0 radical (unpaired) electrons. The van der Waals surface area contributed by atoms with E-state index in [0.29, 0.717) is 29.7 Å². The standard InChI is InChI=1S/C28H33F2N5O3S/c1-6-23(36)34-13-7-8-18(34)15-35-20-10-9-17(25(37)31-16(2)28(3,4)5)14-19(20)32-27(35)33-26(38)22-12-11-21(39-22)24(29)30/h6,9-12,14,16,18,24H,1,7-8,13,15H2,2-5H3,(H,31,37)(H,32,33,38)/t16-,18-/m0/s1. The van der Waals surface area contributed by atoms with Gasteiger partial charge in [-0.3, -0.25) is 19.7 Å². The van der Waals surface area contributed by atoms with E-state index in [4.69, 9.17) is 0 Å². The van der Waals surface area contributed by atoms with Gasteiger partial charge in [-0.05, 0) is 61.6 Å². The van der Waals surface area contributed by atoms with Gasteiger partial charge < -0.3 is 14.8 Å². The van der Waals surface area contributed by atoms with Crippen molar-refractivity contribution < 1.29 is 23.2 Å². The van der Waals surface area contributed by atoms with Crippen molar-refractivity contribution in [3.8, 4) is 0 Å². The van der Waals surface area contributed by atoms with Gasteiger partial charge in [0, 0.05) is 24.7 Å². The van der Waals surface area contributed by atoms with Gasteiger partial charge in [0.15, 0.2) is 0 Å². The fourth-order valence-corrected chi connectivity index (χ4v) is 5.21. The van der Waals surface area contributed by atoms with Crippen LogP contribution in [0.25, 0.3) is 11.0 Å². The zero-order chi connectivity index (χ0) is 28.5. The van der Waals surface area contributed by atoms with Crippen LogP contribution < -0.4 is 10.6 Å². The van der Waals surface area contributed by atoms with Crippen LogP contribution in [0.15, 0.2) is 43.0 Å². The maximum Gasteiger partial charge on any atom is 0.272 e. The highest BCUT2D eigenvalue weighted by molar-refractivity contribution is 7.14. The first kappa shape index (κ1) is 28.4. The van der Waals surface area contributed by atoms with E-state index in [1.807, 2.05) is 27.7 Å². The van der Waals surface area contributed by atoms with Gasteiger partial charge in [-0.2, -0.15) is 0 Å². The number of thiophene rings is 1. The second-order valence-corrected chi connectivity index (χ2v) is 11.9. The summed E-state index contributed by atoms with van der Waals surface area (Å²) in [5.74, 6) is -0.764. The number of hydrogen-bond donors (Lipinski definition) is 2. The minimum absolute atomic E-state index is 0.0761. The molecule has 11 heteroatoms. The quantitative estimate of drug-likeness (QED) is 0.351. The second kappa shape index (κ2) is 11.3. The van der Waals surface area contributed by atoms with Crippen LogP contribution >= 0.6 is 11.3 Å². The molecule has 3 heterocycles. The largest absolute Gasteiger partial charge is 0.349 e. The Balaban J connectivity index is 1.69. The Morgan fingerprint density at radius 3 is 2.59 bits per heavy atom. The van der Waals surface area contributed by atoms with Gasteiger partial charge in [0.1, 0.15) is 0 Å². The SMILES string of the molecule is C=CC(=O)N1CCC[C@H]1Cn1c(NC(=O)c2ccc(C(F)F)s2)nc2cc(C(=O)N[C@@H](C)C(C)(C)C)ccc21. The number of nitrogens with one attached hydrogen (secondary N) is 2. The summed E-state index contributed by atoms with van der Waals surface area (Å²) in [5.41, 5.74) is 1.45. The Morgan fingerprint density at radius 1 is 1.21 bits per heavy atom. The number of hydrogen-bond acceptors (Lipinski definition) is 5. The maximum absolute atomic E-state index is 13.1. The highest BCUT2D eigenvalue weighted by Gasteiger charge is 2.30. The maximum atomic E-state index is 13.1. The minimum atomic E-state index is -2.66. The van der Waals surface area contributed by atoms with Gasteiger partial charge in [-0.1, -0.05) is 27.4 Å². The topological polar surface area (TPSA) is 96.3 Å². The molecule has 208 valence electrons. The molecular formula is C28H33F2N5O3S. The number of imidazole rings is 1. The number of aromatic nitrogens is 2. The van der Waals surface area contributed by atoms with Gasteiger partial charge in [-0.25, -0.2) is 13.8 Å². The first-order valence-corrected chi connectivity index (χ1v) is 13.6. The third kappa shape index (κ3) is 6.19. The minimum Gasteiger partial charge on any atom is -0.349 e. The summed E-state index contributed by atoms with van der Waals surface area (Å²) >= 11 is 0.719. The van der Waals surface area contributed by atoms with Crippen molar-refractivity contribution >= 4 is 46.0 Å². The molecule has 4 rings (SSSR count). The lowest BCUT2D eigenvalue weighted by atomic mass is 9.88. The smallest absolute Gasteiger partial charge is 0.272 e. The molecule has 3 aromatic rings. The zero-order valence-corrected chi connectivity index (χ0v) is 23.3. The number of amides is 3. The molecule has 1 fully saturated rings. The lowest BCUT2D eigenvalue weighted by molar-refractivity contribution is -0.126. The van der Waals surface area contributed by atoms with E-state index in [9.17, 15) is 23.2 Å². The van der Waals surface area contributed by atoms with Crippen molar-refractivity contribution in [3.63, 3.8) is 0 Å². The Hall–Kier alpha value is -3.60. The van der Waals surface area contributed by atoms with E-state index in [1.54, 1.807) is 27.7 Å². The van der Waals surface area contributed by atoms with Crippen LogP contribution in [-0.4, -0.2) is 50.8 Å². The highest BCUT2D eigenvalue weighted by Crippen LogP contribution is 2.29. The van der Waals surface area contributed by atoms with Crippen molar-refractivity contribution in [3.05, 3.63) is 58.3 Å². The van der Waals surface area contributed by atoms with Crippen LogP contribution in [0.2, 0.25) is 0 Å². The molecule has 0 bridgehead atoms. The number of carbonyl (C=O) groups excluding carboxylic acids is 3. The van der Waals surface area contributed by atoms with Crippen LogP contribution in [-0.2, 0) is 11.3 Å². The average Bonchev–Trinajstić information content (AvgIpc) is 3.62. The predicted octanol–water partition coefficient (Wildman–Crippen LogP) is 5.63. The number of carbonyl (C=O) groups is 3. The third-order valence-electron chi connectivity index (χ3n) is 7.18. The van der Waals surface area contributed by atoms with Crippen molar-refractivity contribution in [1.29, 1.82) is 0 Å². The van der Waals surface area contributed by atoms with Gasteiger partial charge >= 0.3 is 0 Å². The number of anilines is 1. The summed E-state index contributed by atoms with van der Waals surface area (Å²) in [6, 6.07) is 7.49. The summed E-state index contributed by atoms with van der Waals surface area (Å²) < 4.78 is 27.9. The fraction of sp³-hybridized carbons (Fsp3) is 0.429. The van der Waals surface area contributed by atoms with Crippen LogP contribution in [0.1, 0.15) is 71.9 Å². The molecule has 2 atom stereocenters. The predicted molar refractivity (Wildman–Crippen MR) is 148 cm³/mol. The summed E-state index contributed by atoms with van der Waals surface area (Å²) in [7, 11) is 0. The average molecular weight is 558 g/mol. The molecule has 0 spiro atoms. The van der Waals surface area contributed by atoms with Crippen LogP contribution in [0.4, 0.5) is 14.7 Å². The second-order valence-electron chi connectivity index (χ2n) is 10.8. The molecule has 1 saturated heterocycles. The van der Waals surface area contributed by atoms with E-state index in [1.165, 1.54) is 18.2 Å². The van der Waals surface area contributed by atoms with E-state index < -0.39 is 12.3 Å². The van der Waals surface area contributed by atoms with E-state index in [0.717, 1.165) is 24.2 Å². The Bertz CT molecular complexity index is 1410. The summed E-state index contributed by atoms with van der Waals surface area (Å²) in [6.07, 6.45) is 0.219. The van der Waals surface area contributed by atoms with Crippen LogP contribution in [0.3, 0.4) is 0 Å². The van der Waals surface area contributed by atoms with E-state index in [2.05, 4.69) is 22.2 Å². The van der Waals surface area contributed by atoms with Gasteiger partial charge in [-0.15, -0.1) is 11.3 Å². The molecule has 0 unspecified atom stereocenters. The van der Waals surface area contributed by atoms with Crippen molar-refractivity contribution in [1.82, 2.24) is 19.8 Å². The zero-order valence-electron chi connectivity index (χ0n) is 22.5. The lowest BCUT2D eigenvalue weighted by Gasteiger charge is -2.28. The number of likely N-dealkylation sites (tertiary alicyclic amines) is 1. The monoisotopic (exact) mass is 557 g/mol. The molecule has 1 aliphatic heterocycles. The van der Waals surface area contributed by atoms with E-state index >= 15 is 0 Å². The normalized spacial score (nSPS) is 16.5. The summed E-state index contributed by atoms with van der Waals surface area (Å²) in [6.45, 7) is 12.6. The summed E-state index contributed by atoms with van der Waals surface area (Å²) in [5, 5.41) is 5.77. The lowest BCUT2D eigenvalue weighted by Crippen LogP contribution is -2.41. The fourth-order valence-electron chi connectivity index (χ4n) is 4.45. The van der Waals surface area contributed by atoms with Crippen molar-refractivity contribution in [2.75, 3.05) is 11.9 Å². The van der Waals surface area contributed by atoms with Gasteiger partial charge in [0.25, 0.3) is 18.2 Å². The number of benzene rings is 1. The molecule has 0 saturated carbocycles. The number of rotatable bonds is 8. The Kier molecular flexibility index (Phi) is 8.20. The number of alkyl halides is 2. The molecule has 39 heavy (non-hydrogen) atoms. The molecule has 8 nitrogen and oxygen atoms in total. The molecule has 1 aromatic carbocycles. The molecule has 2 N–H and O–H groups in total. The third-order valence-corrected chi connectivity index (χ3v) is 8.27. The Morgan fingerprint density at radius 2 is 1.95 bits per heavy atom. The molecular weight excluding hydrogens is 524 g/mol.